The Hall–Kier alpha value is -3.23. The van der Waals surface area contributed by atoms with Gasteiger partial charge in [-0.15, -0.1) is 0 Å². The van der Waals surface area contributed by atoms with Gasteiger partial charge in [-0.1, -0.05) is 0 Å². The third-order valence-corrected chi connectivity index (χ3v) is 3.54. The van der Waals surface area contributed by atoms with Gasteiger partial charge in [-0.25, -0.2) is 9.59 Å². The number of carbonyl (C=O) groups excluding carboxylic acids is 1. The molecule has 136 valence electrons. The molecule has 0 aliphatic rings. The number of alkyl halides is 3. The molecule has 0 amide bonds. The summed E-state index contributed by atoms with van der Waals surface area (Å²) in [7, 11) is 1.21. The Labute approximate surface area is 143 Å². The number of halogens is 3. The second kappa shape index (κ2) is 6.58. The van der Waals surface area contributed by atoms with Gasteiger partial charge in [-0.3, -0.25) is 0 Å². The number of hydrogen-bond acceptors (Lipinski definition) is 6. The number of furan rings is 1. The molecule has 3 rings (SSSR count). The van der Waals surface area contributed by atoms with Crippen LogP contribution in [-0.4, -0.2) is 13.1 Å². The predicted molar refractivity (Wildman–Crippen MR) is 81.9 cm³/mol. The Morgan fingerprint density at radius 2 is 1.96 bits per heavy atom. The number of methoxy groups -OCH3 is 1. The maximum atomic E-state index is 13.0. The molecular weight excluding hydrogens is 357 g/mol. The van der Waals surface area contributed by atoms with Gasteiger partial charge >= 0.3 is 17.8 Å². The Balaban J connectivity index is 1.90. The Kier molecular flexibility index (Phi) is 4.45. The number of rotatable bonds is 4. The molecule has 0 bridgehead atoms. The van der Waals surface area contributed by atoms with Crippen molar-refractivity contribution in [1.29, 1.82) is 0 Å². The first-order valence-electron chi connectivity index (χ1n) is 7.22. The van der Waals surface area contributed by atoms with Crippen molar-refractivity contribution in [2.45, 2.75) is 12.8 Å². The Morgan fingerprint density at radius 1 is 1.19 bits per heavy atom. The molecule has 0 aliphatic carbocycles. The van der Waals surface area contributed by atoms with Crippen LogP contribution in [0.25, 0.3) is 11.0 Å². The maximum Gasteiger partial charge on any atom is 0.417 e. The molecule has 0 fully saturated rings. The van der Waals surface area contributed by atoms with E-state index in [1.807, 2.05) is 0 Å². The molecule has 3 aromatic rings. The average Bonchev–Trinajstić information content (AvgIpc) is 3.06. The van der Waals surface area contributed by atoms with E-state index in [1.165, 1.54) is 25.5 Å². The summed E-state index contributed by atoms with van der Waals surface area (Å²) in [5, 5.41) is -0.266. The molecule has 0 unspecified atom stereocenters. The smallest absolute Gasteiger partial charge is 0.417 e. The fourth-order valence-electron chi connectivity index (χ4n) is 2.36. The second-order valence-electron chi connectivity index (χ2n) is 5.17. The molecule has 0 radical (unpaired) electrons. The summed E-state index contributed by atoms with van der Waals surface area (Å²) in [5.74, 6) is -0.300. The van der Waals surface area contributed by atoms with Crippen LogP contribution in [0.15, 0.2) is 50.2 Å². The number of carbonyl (C=O) groups is 1. The van der Waals surface area contributed by atoms with Crippen molar-refractivity contribution in [2.24, 2.45) is 0 Å². The fourth-order valence-corrected chi connectivity index (χ4v) is 2.36. The first kappa shape index (κ1) is 17.6. The standard InChI is InChI=1S/C17H11F3O6/c1-23-16(22)11-4-5-24-14(11)8-25-9-2-3-10-12(17(18,19)20)7-15(21)26-13(10)6-9/h2-7H,8H2,1H3. The number of fused-ring (bicyclic) bond motifs is 1. The molecule has 0 atom stereocenters. The summed E-state index contributed by atoms with van der Waals surface area (Å²) in [6.07, 6.45) is -3.42. The third-order valence-electron chi connectivity index (χ3n) is 3.54. The minimum absolute atomic E-state index is 0.132. The van der Waals surface area contributed by atoms with Gasteiger partial charge in [0, 0.05) is 17.5 Å². The van der Waals surface area contributed by atoms with Crippen LogP contribution >= 0.6 is 0 Å². The lowest BCUT2D eigenvalue weighted by Gasteiger charge is -2.10. The molecule has 0 aliphatic heterocycles. The van der Waals surface area contributed by atoms with Crippen LogP contribution in [0.3, 0.4) is 0 Å². The van der Waals surface area contributed by atoms with Crippen molar-refractivity contribution < 1.29 is 36.3 Å². The highest BCUT2D eigenvalue weighted by molar-refractivity contribution is 5.90. The van der Waals surface area contributed by atoms with Gasteiger partial charge in [0.25, 0.3) is 0 Å². The van der Waals surface area contributed by atoms with Gasteiger partial charge in [0.1, 0.15) is 23.5 Å². The van der Waals surface area contributed by atoms with Crippen molar-refractivity contribution in [3.63, 3.8) is 0 Å². The Morgan fingerprint density at radius 3 is 2.65 bits per heavy atom. The van der Waals surface area contributed by atoms with E-state index in [-0.39, 0.29) is 34.6 Å². The van der Waals surface area contributed by atoms with Crippen LogP contribution in [0.1, 0.15) is 21.7 Å². The lowest BCUT2D eigenvalue weighted by Crippen LogP contribution is -2.11. The van der Waals surface area contributed by atoms with Crippen molar-refractivity contribution in [3.8, 4) is 5.75 Å². The highest BCUT2D eigenvalue weighted by Crippen LogP contribution is 2.35. The normalized spacial score (nSPS) is 11.5. The van der Waals surface area contributed by atoms with Gasteiger partial charge in [0.05, 0.1) is 18.9 Å². The monoisotopic (exact) mass is 368 g/mol. The van der Waals surface area contributed by atoms with E-state index in [0.29, 0.717) is 6.07 Å². The molecule has 6 nitrogen and oxygen atoms in total. The van der Waals surface area contributed by atoms with Gasteiger partial charge < -0.3 is 18.3 Å². The summed E-state index contributed by atoms with van der Waals surface area (Å²) in [4.78, 5) is 22.9. The number of esters is 1. The fraction of sp³-hybridized carbons (Fsp3) is 0.176. The van der Waals surface area contributed by atoms with E-state index in [4.69, 9.17) is 13.6 Å². The quantitative estimate of drug-likeness (QED) is 0.515. The molecule has 9 heteroatoms. The first-order valence-corrected chi connectivity index (χ1v) is 7.22. The van der Waals surface area contributed by atoms with Crippen molar-refractivity contribution in [2.75, 3.05) is 7.11 Å². The van der Waals surface area contributed by atoms with E-state index in [9.17, 15) is 22.8 Å². The highest BCUT2D eigenvalue weighted by atomic mass is 19.4. The summed E-state index contributed by atoms with van der Waals surface area (Å²) in [6.45, 7) is -0.174. The van der Waals surface area contributed by atoms with Crippen LogP contribution in [0.2, 0.25) is 0 Å². The van der Waals surface area contributed by atoms with Crippen LogP contribution < -0.4 is 10.4 Å². The zero-order valence-electron chi connectivity index (χ0n) is 13.3. The summed E-state index contributed by atoms with van der Waals surface area (Å²) >= 11 is 0. The van der Waals surface area contributed by atoms with E-state index < -0.39 is 23.3 Å². The zero-order chi connectivity index (χ0) is 18.9. The minimum Gasteiger partial charge on any atom is -0.485 e. The van der Waals surface area contributed by atoms with Crippen molar-refractivity contribution in [3.05, 3.63) is 63.9 Å². The molecule has 1 aromatic carbocycles. The average molecular weight is 368 g/mol. The SMILES string of the molecule is COC(=O)c1ccoc1COc1ccc2c(C(F)(F)F)cc(=O)oc2c1. The van der Waals surface area contributed by atoms with E-state index in [1.54, 1.807) is 0 Å². The van der Waals surface area contributed by atoms with Crippen molar-refractivity contribution >= 4 is 16.9 Å². The highest BCUT2D eigenvalue weighted by Gasteiger charge is 2.33. The molecular formula is C17H11F3O6. The lowest BCUT2D eigenvalue weighted by atomic mass is 10.1. The zero-order valence-corrected chi connectivity index (χ0v) is 13.3. The maximum absolute atomic E-state index is 13.0. The largest absolute Gasteiger partial charge is 0.485 e. The molecule has 0 saturated heterocycles. The number of ether oxygens (including phenoxy) is 2. The van der Waals surface area contributed by atoms with Crippen LogP contribution in [0.4, 0.5) is 13.2 Å². The molecule has 26 heavy (non-hydrogen) atoms. The third kappa shape index (κ3) is 3.41. The molecule has 2 aromatic heterocycles. The van der Waals surface area contributed by atoms with Gasteiger partial charge in [-0.05, 0) is 18.2 Å². The van der Waals surface area contributed by atoms with E-state index >= 15 is 0 Å². The molecule has 0 saturated carbocycles. The predicted octanol–water partition coefficient (Wildman–Crippen LogP) is 3.77. The van der Waals surface area contributed by atoms with Gasteiger partial charge in [0.15, 0.2) is 5.76 Å². The molecule has 2 heterocycles. The minimum atomic E-state index is -4.69. The first-order chi connectivity index (χ1) is 12.3. The number of hydrogen-bond donors (Lipinski definition) is 0. The Bertz CT molecular complexity index is 1020. The van der Waals surface area contributed by atoms with Crippen LogP contribution in [0, 0.1) is 0 Å². The van der Waals surface area contributed by atoms with Crippen LogP contribution in [0.5, 0.6) is 5.75 Å². The molecule has 0 spiro atoms. The topological polar surface area (TPSA) is 78.9 Å². The molecule has 0 N–H and O–H groups in total. The summed E-state index contributed by atoms with van der Waals surface area (Å²) < 4.78 is 59.0. The second-order valence-corrected chi connectivity index (χ2v) is 5.17. The van der Waals surface area contributed by atoms with Crippen LogP contribution in [-0.2, 0) is 17.5 Å². The van der Waals surface area contributed by atoms with Gasteiger partial charge in [-0.2, -0.15) is 13.2 Å². The van der Waals surface area contributed by atoms with E-state index in [2.05, 4.69) is 4.74 Å². The summed E-state index contributed by atoms with van der Waals surface area (Å²) in [5.41, 5.74) is -2.32. The van der Waals surface area contributed by atoms with Crippen molar-refractivity contribution in [1.82, 2.24) is 0 Å². The van der Waals surface area contributed by atoms with E-state index in [0.717, 1.165) is 12.1 Å². The number of benzene rings is 1. The van der Waals surface area contributed by atoms with Gasteiger partial charge in [0.2, 0.25) is 0 Å². The lowest BCUT2D eigenvalue weighted by molar-refractivity contribution is -0.136. The summed E-state index contributed by atoms with van der Waals surface area (Å²) in [6, 6.07) is 5.39.